The van der Waals surface area contributed by atoms with Gasteiger partial charge in [-0.3, -0.25) is 4.90 Å². The van der Waals surface area contributed by atoms with E-state index in [1.165, 1.54) is 0 Å². The summed E-state index contributed by atoms with van der Waals surface area (Å²) < 4.78 is 12.6. The Bertz CT molecular complexity index is 1030. The van der Waals surface area contributed by atoms with E-state index >= 15 is 0 Å². The number of methoxy groups -OCH3 is 1. The Morgan fingerprint density at radius 3 is 2.72 bits per heavy atom. The topological polar surface area (TPSA) is 88.8 Å². The van der Waals surface area contributed by atoms with Crippen molar-refractivity contribution in [3.05, 3.63) is 41.6 Å². The van der Waals surface area contributed by atoms with Gasteiger partial charge in [-0.15, -0.1) is 0 Å². The number of hydrogen-bond donors (Lipinski definition) is 2. The fraction of sp³-hybridized carbons (Fsp3) is 0.522. The lowest BCUT2D eigenvalue weighted by Gasteiger charge is -2.26. The molecule has 1 saturated heterocycles. The van der Waals surface area contributed by atoms with Crippen molar-refractivity contribution in [3.63, 3.8) is 0 Å². The number of nitrogens with zero attached hydrogens (tertiary/aromatic N) is 5. The minimum Gasteiger partial charge on any atom is -0.497 e. The fourth-order valence-corrected chi connectivity index (χ4v) is 3.81. The van der Waals surface area contributed by atoms with Gasteiger partial charge in [0, 0.05) is 31.7 Å². The van der Waals surface area contributed by atoms with Gasteiger partial charge < -0.3 is 20.1 Å². The first-order valence-electron chi connectivity index (χ1n) is 11.2. The average Bonchev–Trinajstić information content (AvgIpc) is 3.24. The molecule has 1 unspecified atom stereocenters. The number of benzene rings is 1. The number of rotatable bonds is 9. The van der Waals surface area contributed by atoms with Gasteiger partial charge in [-0.2, -0.15) is 19.6 Å². The molecule has 1 aromatic carbocycles. The monoisotopic (exact) mass is 439 g/mol. The van der Waals surface area contributed by atoms with Gasteiger partial charge in [-0.05, 0) is 30.5 Å². The first kappa shape index (κ1) is 22.3. The third-order valence-electron chi connectivity index (χ3n) is 5.77. The molecular formula is C23H33N7O2. The quantitative estimate of drug-likeness (QED) is 0.526. The molecule has 1 fully saturated rings. The third-order valence-corrected chi connectivity index (χ3v) is 5.77. The molecule has 9 heteroatoms. The van der Waals surface area contributed by atoms with Crippen LogP contribution in [0, 0.1) is 0 Å². The second-order valence-corrected chi connectivity index (χ2v) is 8.38. The Kier molecular flexibility index (Phi) is 7.06. The Hall–Kier alpha value is -2.91. The minimum atomic E-state index is 0.0103. The summed E-state index contributed by atoms with van der Waals surface area (Å²) in [7, 11) is 1.68. The molecule has 32 heavy (non-hydrogen) atoms. The largest absolute Gasteiger partial charge is 0.497 e. The van der Waals surface area contributed by atoms with Crippen molar-refractivity contribution in [1.82, 2.24) is 24.5 Å². The first-order chi connectivity index (χ1) is 15.5. The Labute approximate surface area is 189 Å². The molecule has 0 saturated carbocycles. The van der Waals surface area contributed by atoms with Gasteiger partial charge in [0.15, 0.2) is 5.65 Å². The summed E-state index contributed by atoms with van der Waals surface area (Å²) in [5, 5.41) is 11.5. The van der Waals surface area contributed by atoms with E-state index in [4.69, 9.17) is 19.4 Å². The van der Waals surface area contributed by atoms with Crippen molar-refractivity contribution >= 4 is 17.5 Å². The number of morpholine rings is 1. The molecule has 1 aliphatic heterocycles. The average molecular weight is 440 g/mol. The van der Waals surface area contributed by atoms with E-state index in [-0.39, 0.29) is 6.04 Å². The summed E-state index contributed by atoms with van der Waals surface area (Å²) >= 11 is 0. The second-order valence-electron chi connectivity index (χ2n) is 8.38. The number of nitrogens with one attached hydrogen (secondary N) is 2. The van der Waals surface area contributed by atoms with Crippen LogP contribution in [0.2, 0.25) is 0 Å². The van der Waals surface area contributed by atoms with E-state index in [1.54, 1.807) is 11.6 Å². The predicted octanol–water partition coefficient (Wildman–Crippen LogP) is 3.17. The highest BCUT2D eigenvalue weighted by Gasteiger charge is 2.17. The second kappa shape index (κ2) is 10.1. The highest BCUT2D eigenvalue weighted by Crippen LogP contribution is 2.25. The van der Waals surface area contributed by atoms with Gasteiger partial charge in [-0.25, -0.2) is 0 Å². The van der Waals surface area contributed by atoms with Gasteiger partial charge in [-0.1, -0.05) is 26.0 Å². The van der Waals surface area contributed by atoms with Crippen LogP contribution in [0.1, 0.15) is 43.9 Å². The maximum absolute atomic E-state index is 5.43. The van der Waals surface area contributed by atoms with Gasteiger partial charge >= 0.3 is 0 Å². The maximum Gasteiger partial charge on any atom is 0.229 e. The van der Waals surface area contributed by atoms with Crippen molar-refractivity contribution in [2.75, 3.05) is 57.1 Å². The zero-order valence-corrected chi connectivity index (χ0v) is 19.3. The molecule has 3 aromatic rings. The van der Waals surface area contributed by atoms with Crippen LogP contribution in [-0.2, 0) is 4.74 Å². The van der Waals surface area contributed by atoms with E-state index in [0.29, 0.717) is 17.8 Å². The highest BCUT2D eigenvalue weighted by atomic mass is 16.5. The van der Waals surface area contributed by atoms with Crippen LogP contribution in [0.3, 0.4) is 0 Å². The minimum absolute atomic E-state index is 0.0103. The number of fused-ring (bicyclic) bond motifs is 1. The zero-order valence-electron chi connectivity index (χ0n) is 19.3. The van der Waals surface area contributed by atoms with E-state index in [9.17, 15) is 0 Å². The van der Waals surface area contributed by atoms with Crippen LogP contribution in [0.5, 0.6) is 5.75 Å². The van der Waals surface area contributed by atoms with Crippen molar-refractivity contribution in [1.29, 1.82) is 0 Å². The van der Waals surface area contributed by atoms with Crippen LogP contribution >= 0.6 is 0 Å². The van der Waals surface area contributed by atoms with Gasteiger partial charge in [0.1, 0.15) is 5.75 Å². The molecule has 0 aliphatic carbocycles. The van der Waals surface area contributed by atoms with Gasteiger partial charge in [0.05, 0.1) is 32.6 Å². The van der Waals surface area contributed by atoms with Gasteiger partial charge in [0.25, 0.3) is 0 Å². The molecule has 2 aromatic heterocycles. The summed E-state index contributed by atoms with van der Waals surface area (Å²) in [6.07, 6.45) is 1.88. The van der Waals surface area contributed by atoms with Crippen molar-refractivity contribution in [2.24, 2.45) is 0 Å². The molecule has 4 rings (SSSR count). The molecule has 2 N–H and O–H groups in total. The standard InChI is InChI=1S/C23H33N7O2/c1-16(2)20-15-25-30-21(20)27-22(24-8-9-29-10-12-32-13-11-29)28-23(30)26-17(3)18-6-5-7-19(14-18)31-4/h5-7,14-17H,8-13H2,1-4H3,(H2,24,26,27,28). The van der Waals surface area contributed by atoms with E-state index < -0.39 is 0 Å². The number of aromatic nitrogens is 4. The maximum atomic E-state index is 5.43. The summed E-state index contributed by atoms with van der Waals surface area (Å²) in [4.78, 5) is 11.9. The van der Waals surface area contributed by atoms with Crippen LogP contribution in [0.4, 0.5) is 11.9 Å². The van der Waals surface area contributed by atoms with Crippen LogP contribution < -0.4 is 15.4 Å². The van der Waals surface area contributed by atoms with Crippen LogP contribution in [0.15, 0.2) is 30.5 Å². The molecule has 9 nitrogen and oxygen atoms in total. The van der Waals surface area contributed by atoms with E-state index in [1.807, 2.05) is 24.4 Å². The lowest BCUT2D eigenvalue weighted by atomic mass is 10.1. The smallest absolute Gasteiger partial charge is 0.229 e. The fourth-order valence-electron chi connectivity index (χ4n) is 3.81. The summed E-state index contributed by atoms with van der Waals surface area (Å²) in [6, 6.07) is 8.04. The normalized spacial score (nSPS) is 15.8. The number of anilines is 2. The molecule has 172 valence electrons. The summed E-state index contributed by atoms with van der Waals surface area (Å²) in [5.41, 5.74) is 3.03. The predicted molar refractivity (Wildman–Crippen MR) is 126 cm³/mol. The van der Waals surface area contributed by atoms with Gasteiger partial charge in [0.2, 0.25) is 11.9 Å². The van der Waals surface area contributed by atoms with E-state index in [0.717, 1.165) is 61.9 Å². The lowest BCUT2D eigenvalue weighted by Crippen LogP contribution is -2.39. The van der Waals surface area contributed by atoms with Crippen molar-refractivity contribution in [3.8, 4) is 5.75 Å². The molecule has 0 amide bonds. The molecular weight excluding hydrogens is 406 g/mol. The Morgan fingerprint density at radius 1 is 1.16 bits per heavy atom. The van der Waals surface area contributed by atoms with E-state index in [2.05, 4.69) is 47.5 Å². The Balaban J connectivity index is 1.56. The van der Waals surface area contributed by atoms with Crippen LogP contribution in [0.25, 0.3) is 5.65 Å². The molecule has 1 aliphatic rings. The number of ether oxygens (including phenoxy) is 2. The highest BCUT2D eigenvalue weighted by molar-refractivity contribution is 5.56. The zero-order chi connectivity index (χ0) is 22.5. The third kappa shape index (κ3) is 5.11. The summed E-state index contributed by atoms with van der Waals surface area (Å²) in [6.45, 7) is 11.6. The molecule has 0 spiro atoms. The first-order valence-corrected chi connectivity index (χ1v) is 11.2. The Morgan fingerprint density at radius 2 is 1.97 bits per heavy atom. The van der Waals surface area contributed by atoms with Crippen molar-refractivity contribution < 1.29 is 9.47 Å². The van der Waals surface area contributed by atoms with Crippen molar-refractivity contribution in [2.45, 2.75) is 32.7 Å². The number of hydrogen-bond acceptors (Lipinski definition) is 8. The van der Waals surface area contributed by atoms with Crippen LogP contribution in [-0.4, -0.2) is 71.0 Å². The summed E-state index contributed by atoms with van der Waals surface area (Å²) in [5.74, 6) is 2.41. The SMILES string of the molecule is COc1cccc(C(C)Nc2nc(NCCN3CCOCC3)nc3c(C(C)C)cnn23)c1. The molecule has 1 atom stereocenters. The lowest BCUT2D eigenvalue weighted by molar-refractivity contribution is 0.0398. The molecule has 0 radical (unpaired) electrons. The molecule has 0 bridgehead atoms. The molecule has 3 heterocycles.